The van der Waals surface area contributed by atoms with Gasteiger partial charge in [-0.1, -0.05) is 0 Å². The van der Waals surface area contributed by atoms with Crippen molar-refractivity contribution < 1.29 is 9.47 Å². The second-order valence-corrected chi connectivity index (χ2v) is 4.74. The Morgan fingerprint density at radius 2 is 1.57 bits per heavy atom. The molecular weight excluding hydrogens is 264 g/mol. The molecule has 0 saturated heterocycles. The molecule has 0 aromatic heterocycles. The van der Waals surface area contributed by atoms with E-state index < -0.39 is 0 Å². The minimum Gasteiger partial charge on any atom is -0.497 e. The van der Waals surface area contributed by atoms with E-state index in [4.69, 9.17) is 14.7 Å². The fourth-order valence-corrected chi connectivity index (χ4v) is 2.11. The van der Waals surface area contributed by atoms with Crippen LogP contribution >= 0.6 is 0 Å². The van der Waals surface area contributed by atoms with Crippen molar-refractivity contribution in [3.63, 3.8) is 0 Å². The summed E-state index contributed by atoms with van der Waals surface area (Å²) in [6.07, 6.45) is 0. The molecule has 0 heterocycles. The highest BCUT2D eigenvalue weighted by molar-refractivity contribution is 5.50. The molecule has 0 spiro atoms. The molecule has 0 unspecified atom stereocenters. The number of hydrogen-bond donors (Lipinski definition) is 0. The largest absolute Gasteiger partial charge is 0.497 e. The van der Waals surface area contributed by atoms with Crippen LogP contribution in [0.2, 0.25) is 0 Å². The minimum atomic E-state index is 0.662. The highest BCUT2D eigenvalue weighted by Gasteiger charge is 2.06. The average molecular weight is 282 g/mol. The molecule has 0 N–H and O–H groups in total. The minimum absolute atomic E-state index is 0.662. The van der Waals surface area contributed by atoms with Gasteiger partial charge in [0.15, 0.2) is 0 Å². The van der Waals surface area contributed by atoms with Crippen molar-refractivity contribution in [3.8, 4) is 17.6 Å². The van der Waals surface area contributed by atoms with Crippen LogP contribution in [0.25, 0.3) is 0 Å². The molecule has 0 bridgehead atoms. The van der Waals surface area contributed by atoms with E-state index in [1.54, 1.807) is 14.2 Å². The summed E-state index contributed by atoms with van der Waals surface area (Å²) in [6, 6.07) is 15.5. The van der Waals surface area contributed by atoms with Gasteiger partial charge in [0, 0.05) is 25.3 Å². The number of methoxy groups -OCH3 is 2. The van der Waals surface area contributed by atoms with E-state index in [1.807, 2.05) is 49.5 Å². The fraction of sp³-hybridized carbons (Fsp3) is 0.235. The summed E-state index contributed by atoms with van der Waals surface area (Å²) in [4.78, 5) is 2.11. The summed E-state index contributed by atoms with van der Waals surface area (Å²) in [5.41, 5.74) is 2.81. The Hall–Kier alpha value is -2.67. The van der Waals surface area contributed by atoms with Crippen LogP contribution in [-0.4, -0.2) is 21.3 Å². The molecule has 2 rings (SSSR count). The Kier molecular flexibility index (Phi) is 4.68. The van der Waals surface area contributed by atoms with Crippen LogP contribution in [0.5, 0.6) is 11.5 Å². The molecule has 0 aliphatic rings. The first-order valence-electron chi connectivity index (χ1n) is 6.59. The maximum absolute atomic E-state index is 8.83. The van der Waals surface area contributed by atoms with Crippen molar-refractivity contribution in [2.24, 2.45) is 0 Å². The Morgan fingerprint density at radius 3 is 2.05 bits per heavy atom. The molecular formula is C17H18N2O2. The first-order chi connectivity index (χ1) is 10.2. The van der Waals surface area contributed by atoms with Crippen molar-refractivity contribution in [1.29, 1.82) is 5.26 Å². The lowest BCUT2D eigenvalue weighted by molar-refractivity contribution is 0.393. The molecule has 0 aliphatic carbocycles. The monoisotopic (exact) mass is 282 g/mol. The molecule has 0 fully saturated rings. The van der Waals surface area contributed by atoms with Gasteiger partial charge >= 0.3 is 0 Å². The van der Waals surface area contributed by atoms with E-state index in [0.29, 0.717) is 5.56 Å². The van der Waals surface area contributed by atoms with Crippen LogP contribution < -0.4 is 14.4 Å². The molecule has 0 radical (unpaired) electrons. The van der Waals surface area contributed by atoms with E-state index in [-0.39, 0.29) is 0 Å². The van der Waals surface area contributed by atoms with Crippen molar-refractivity contribution in [2.45, 2.75) is 6.54 Å². The van der Waals surface area contributed by atoms with Crippen LogP contribution in [0.1, 0.15) is 11.1 Å². The van der Waals surface area contributed by atoms with Gasteiger partial charge < -0.3 is 14.4 Å². The molecule has 21 heavy (non-hydrogen) atoms. The van der Waals surface area contributed by atoms with Crippen molar-refractivity contribution in [2.75, 3.05) is 26.2 Å². The number of rotatable bonds is 5. The number of hydrogen-bond acceptors (Lipinski definition) is 4. The Balaban J connectivity index is 2.18. The van der Waals surface area contributed by atoms with Crippen LogP contribution in [0, 0.1) is 11.3 Å². The summed E-state index contributed by atoms with van der Waals surface area (Å²) in [5, 5.41) is 8.83. The Bertz CT molecular complexity index is 623. The number of ether oxygens (including phenoxy) is 2. The lowest BCUT2D eigenvalue weighted by Crippen LogP contribution is -2.16. The standard InChI is InChI=1S/C17H18N2O2/c1-19(15-6-4-13(11-18)5-7-15)12-14-8-16(20-2)10-17(9-14)21-3/h4-10H,12H2,1-3H3. The average Bonchev–Trinajstić information content (AvgIpc) is 2.54. The van der Waals surface area contributed by atoms with E-state index in [9.17, 15) is 0 Å². The van der Waals surface area contributed by atoms with Crippen LogP contribution in [0.15, 0.2) is 42.5 Å². The Labute approximate surface area is 125 Å². The van der Waals surface area contributed by atoms with Crippen molar-refractivity contribution >= 4 is 5.69 Å². The zero-order valence-corrected chi connectivity index (χ0v) is 12.5. The van der Waals surface area contributed by atoms with Crippen LogP contribution in [0.3, 0.4) is 0 Å². The summed E-state index contributed by atoms with van der Waals surface area (Å²) in [6.45, 7) is 0.722. The van der Waals surface area contributed by atoms with Gasteiger partial charge in [-0.3, -0.25) is 0 Å². The van der Waals surface area contributed by atoms with Gasteiger partial charge in [0.25, 0.3) is 0 Å². The van der Waals surface area contributed by atoms with Crippen LogP contribution in [0.4, 0.5) is 5.69 Å². The third kappa shape index (κ3) is 3.67. The van der Waals surface area contributed by atoms with Crippen LogP contribution in [-0.2, 0) is 6.54 Å². The number of nitriles is 1. The van der Waals surface area contributed by atoms with Crippen molar-refractivity contribution in [3.05, 3.63) is 53.6 Å². The molecule has 2 aromatic rings. The highest BCUT2D eigenvalue weighted by atomic mass is 16.5. The van der Waals surface area contributed by atoms with E-state index in [2.05, 4.69) is 11.0 Å². The molecule has 0 atom stereocenters. The van der Waals surface area contributed by atoms with Gasteiger partial charge in [-0.2, -0.15) is 5.26 Å². The zero-order valence-electron chi connectivity index (χ0n) is 12.5. The smallest absolute Gasteiger partial charge is 0.122 e. The van der Waals surface area contributed by atoms with E-state index in [1.165, 1.54) is 0 Å². The fourth-order valence-electron chi connectivity index (χ4n) is 2.11. The first-order valence-corrected chi connectivity index (χ1v) is 6.59. The molecule has 108 valence electrons. The molecule has 4 nitrogen and oxygen atoms in total. The normalized spacial score (nSPS) is 9.81. The molecule has 0 saturated carbocycles. The van der Waals surface area contributed by atoms with E-state index in [0.717, 1.165) is 29.3 Å². The van der Waals surface area contributed by atoms with Gasteiger partial charge in [-0.05, 0) is 42.0 Å². The van der Waals surface area contributed by atoms with Gasteiger partial charge in [0.05, 0.1) is 25.9 Å². The second-order valence-electron chi connectivity index (χ2n) is 4.74. The summed E-state index contributed by atoms with van der Waals surface area (Å²) < 4.78 is 10.6. The third-order valence-corrected chi connectivity index (χ3v) is 3.27. The van der Waals surface area contributed by atoms with Gasteiger partial charge in [-0.15, -0.1) is 0 Å². The SMILES string of the molecule is COc1cc(CN(C)c2ccc(C#N)cc2)cc(OC)c1. The first kappa shape index (κ1) is 14.7. The Morgan fingerprint density at radius 1 is 1.00 bits per heavy atom. The van der Waals surface area contributed by atoms with Gasteiger partial charge in [0.2, 0.25) is 0 Å². The van der Waals surface area contributed by atoms with Crippen molar-refractivity contribution in [1.82, 2.24) is 0 Å². The predicted molar refractivity (Wildman–Crippen MR) is 82.8 cm³/mol. The summed E-state index contributed by atoms with van der Waals surface area (Å²) >= 11 is 0. The molecule has 0 aliphatic heterocycles. The quantitative estimate of drug-likeness (QED) is 0.844. The molecule has 2 aromatic carbocycles. The highest BCUT2D eigenvalue weighted by Crippen LogP contribution is 2.24. The lowest BCUT2D eigenvalue weighted by Gasteiger charge is -2.20. The number of benzene rings is 2. The molecule has 0 amide bonds. The van der Waals surface area contributed by atoms with Gasteiger partial charge in [0.1, 0.15) is 11.5 Å². The molecule has 4 heteroatoms. The summed E-state index contributed by atoms with van der Waals surface area (Å²) in [5.74, 6) is 1.55. The maximum atomic E-state index is 8.83. The second kappa shape index (κ2) is 6.67. The van der Waals surface area contributed by atoms with Gasteiger partial charge in [-0.25, -0.2) is 0 Å². The number of anilines is 1. The maximum Gasteiger partial charge on any atom is 0.122 e. The van der Waals surface area contributed by atoms with E-state index >= 15 is 0 Å². The summed E-state index contributed by atoms with van der Waals surface area (Å²) in [7, 11) is 5.29. The zero-order chi connectivity index (χ0) is 15.2. The predicted octanol–water partition coefficient (Wildman–Crippen LogP) is 3.21. The number of nitrogens with zero attached hydrogens (tertiary/aromatic N) is 2. The third-order valence-electron chi connectivity index (χ3n) is 3.27. The topological polar surface area (TPSA) is 45.5 Å². The lowest BCUT2D eigenvalue weighted by atomic mass is 10.1.